The molecule has 0 spiro atoms. The average molecular weight is 199 g/mol. The maximum absolute atomic E-state index is 3.39. The molecule has 1 unspecified atom stereocenters. The molecule has 1 aliphatic heterocycles. The van der Waals surface area contributed by atoms with Gasteiger partial charge >= 0.3 is 0 Å². The molecule has 0 aliphatic carbocycles. The zero-order valence-electron chi connectivity index (χ0n) is 9.92. The van der Waals surface area contributed by atoms with E-state index in [4.69, 9.17) is 0 Å². The topological polar surface area (TPSA) is 18.5 Å². The van der Waals surface area contributed by atoms with Crippen LogP contribution in [0.2, 0.25) is 0 Å². The fourth-order valence-electron chi connectivity index (χ4n) is 1.90. The highest BCUT2D eigenvalue weighted by molar-refractivity contribution is 4.70. The minimum Gasteiger partial charge on any atom is -0.314 e. The number of rotatable bonds is 5. The smallest absolute Gasteiger partial charge is 0.0107 e. The van der Waals surface area contributed by atoms with E-state index in [1.165, 1.54) is 45.7 Å². The molecule has 1 heterocycles. The standard InChI is InChI=1S/C11H25N3/c1-11(4-7-13(2)3)10-14-8-5-12-6-9-14/h11-12H,4-10H2,1-3H3. The maximum Gasteiger partial charge on any atom is 0.0107 e. The largest absolute Gasteiger partial charge is 0.314 e. The fourth-order valence-corrected chi connectivity index (χ4v) is 1.90. The van der Waals surface area contributed by atoms with E-state index < -0.39 is 0 Å². The van der Waals surface area contributed by atoms with E-state index in [0.29, 0.717) is 0 Å². The molecule has 0 aromatic carbocycles. The number of hydrogen-bond acceptors (Lipinski definition) is 3. The molecule has 1 rings (SSSR count). The molecule has 0 aromatic rings. The van der Waals surface area contributed by atoms with Crippen molar-refractivity contribution in [2.75, 3.05) is 53.4 Å². The predicted octanol–water partition coefficient (Wildman–Crippen LogP) is 0.479. The lowest BCUT2D eigenvalue weighted by atomic mass is 10.1. The minimum atomic E-state index is 0.829. The van der Waals surface area contributed by atoms with Gasteiger partial charge in [0.2, 0.25) is 0 Å². The first kappa shape index (κ1) is 12.0. The Balaban J connectivity index is 2.09. The van der Waals surface area contributed by atoms with Crippen molar-refractivity contribution in [2.45, 2.75) is 13.3 Å². The van der Waals surface area contributed by atoms with Gasteiger partial charge in [-0.05, 0) is 33.0 Å². The van der Waals surface area contributed by atoms with Crippen LogP contribution in [0.15, 0.2) is 0 Å². The molecule has 1 fully saturated rings. The normalized spacial score (nSPS) is 21.4. The monoisotopic (exact) mass is 199 g/mol. The molecule has 1 atom stereocenters. The van der Waals surface area contributed by atoms with E-state index >= 15 is 0 Å². The third-order valence-electron chi connectivity index (χ3n) is 2.85. The van der Waals surface area contributed by atoms with Gasteiger partial charge in [0.15, 0.2) is 0 Å². The van der Waals surface area contributed by atoms with Crippen LogP contribution < -0.4 is 5.32 Å². The van der Waals surface area contributed by atoms with Crippen molar-refractivity contribution in [3.63, 3.8) is 0 Å². The van der Waals surface area contributed by atoms with E-state index in [9.17, 15) is 0 Å². The number of nitrogens with one attached hydrogen (secondary N) is 1. The summed E-state index contributed by atoms with van der Waals surface area (Å²) in [5, 5.41) is 3.39. The molecular weight excluding hydrogens is 174 g/mol. The SMILES string of the molecule is CC(CCN(C)C)CN1CCNCC1. The van der Waals surface area contributed by atoms with Crippen LogP contribution in [0, 0.1) is 5.92 Å². The molecule has 0 saturated carbocycles. The Morgan fingerprint density at radius 1 is 1.29 bits per heavy atom. The highest BCUT2D eigenvalue weighted by Crippen LogP contribution is 2.06. The summed E-state index contributed by atoms with van der Waals surface area (Å²) in [4.78, 5) is 4.85. The minimum absolute atomic E-state index is 0.829. The van der Waals surface area contributed by atoms with Crippen LogP contribution in [0.3, 0.4) is 0 Å². The van der Waals surface area contributed by atoms with Crippen LogP contribution in [0.25, 0.3) is 0 Å². The molecule has 3 heteroatoms. The zero-order valence-corrected chi connectivity index (χ0v) is 9.92. The summed E-state index contributed by atoms with van der Waals surface area (Å²) in [5.74, 6) is 0.829. The molecule has 1 saturated heterocycles. The molecule has 1 N–H and O–H groups in total. The van der Waals surface area contributed by atoms with Gasteiger partial charge < -0.3 is 15.1 Å². The second-order valence-electron chi connectivity index (χ2n) is 4.75. The van der Waals surface area contributed by atoms with Crippen LogP contribution in [0.1, 0.15) is 13.3 Å². The van der Waals surface area contributed by atoms with Crippen molar-refractivity contribution in [3.05, 3.63) is 0 Å². The van der Waals surface area contributed by atoms with Crippen LogP contribution >= 0.6 is 0 Å². The first-order valence-electron chi connectivity index (χ1n) is 5.76. The average Bonchev–Trinajstić information content (AvgIpc) is 2.16. The highest BCUT2D eigenvalue weighted by Gasteiger charge is 2.12. The van der Waals surface area contributed by atoms with Gasteiger partial charge in [0.05, 0.1) is 0 Å². The Morgan fingerprint density at radius 2 is 1.93 bits per heavy atom. The van der Waals surface area contributed by atoms with Gasteiger partial charge in [0.25, 0.3) is 0 Å². The zero-order chi connectivity index (χ0) is 10.4. The molecule has 1 aliphatic rings. The Hall–Kier alpha value is -0.120. The van der Waals surface area contributed by atoms with Crippen LogP contribution in [0.5, 0.6) is 0 Å². The van der Waals surface area contributed by atoms with Crippen molar-refractivity contribution in [3.8, 4) is 0 Å². The maximum atomic E-state index is 3.39. The molecule has 0 aromatic heterocycles. The Bertz CT molecular complexity index is 141. The third kappa shape index (κ3) is 4.94. The quantitative estimate of drug-likeness (QED) is 0.695. The van der Waals surface area contributed by atoms with E-state index in [-0.39, 0.29) is 0 Å². The first-order valence-corrected chi connectivity index (χ1v) is 5.76. The summed E-state index contributed by atoms with van der Waals surface area (Å²) in [6.45, 7) is 9.65. The Labute approximate surface area is 88.5 Å². The van der Waals surface area contributed by atoms with E-state index in [0.717, 1.165) is 5.92 Å². The van der Waals surface area contributed by atoms with Crippen molar-refractivity contribution < 1.29 is 0 Å². The summed E-state index contributed by atoms with van der Waals surface area (Å²) >= 11 is 0. The van der Waals surface area contributed by atoms with E-state index in [1.807, 2.05) is 0 Å². The highest BCUT2D eigenvalue weighted by atomic mass is 15.2. The van der Waals surface area contributed by atoms with Gasteiger partial charge in [-0.3, -0.25) is 0 Å². The second kappa shape index (κ2) is 6.38. The predicted molar refractivity (Wildman–Crippen MR) is 61.6 cm³/mol. The van der Waals surface area contributed by atoms with Gasteiger partial charge in [0.1, 0.15) is 0 Å². The fraction of sp³-hybridized carbons (Fsp3) is 1.00. The van der Waals surface area contributed by atoms with Gasteiger partial charge in [0, 0.05) is 32.7 Å². The molecule has 0 amide bonds. The summed E-state index contributed by atoms with van der Waals surface area (Å²) in [6, 6.07) is 0. The van der Waals surface area contributed by atoms with Crippen molar-refractivity contribution in [1.82, 2.24) is 15.1 Å². The molecule has 84 valence electrons. The van der Waals surface area contributed by atoms with Gasteiger partial charge in [-0.25, -0.2) is 0 Å². The lowest BCUT2D eigenvalue weighted by Crippen LogP contribution is -2.45. The Morgan fingerprint density at radius 3 is 2.50 bits per heavy atom. The summed E-state index contributed by atoms with van der Waals surface area (Å²) in [7, 11) is 4.30. The molecule has 3 nitrogen and oxygen atoms in total. The van der Waals surface area contributed by atoms with Crippen molar-refractivity contribution >= 4 is 0 Å². The molecule has 14 heavy (non-hydrogen) atoms. The summed E-state index contributed by atoms with van der Waals surface area (Å²) < 4.78 is 0. The van der Waals surface area contributed by atoms with Gasteiger partial charge in [-0.2, -0.15) is 0 Å². The van der Waals surface area contributed by atoms with Gasteiger partial charge in [-0.1, -0.05) is 6.92 Å². The molecule has 0 radical (unpaired) electrons. The van der Waals surface area contributed by atoms with Crippen LogP contribution in [0.4, 0.5) is 0 Å². The van der Waals surface area contributed by atoms with Crippen LogP contribution in [-0.4, -0.2) is 63.2 Å². The molecule has 0 bridgehead atoms. The number of hydrogen-bond donors (Lipinski definition) is 1. The Kier molecular flexibility index (Phi) is 5.45. The van der Waals surface area contributed by atoms with Crippen molar-refractivity contribution in [1.29, 1.82) is 0 Å². The lowest BCUT2D eigenvalue weighted by molar-refractivity contribution is 0.201. The number of nitrogens with zero attached hydrogens (tertiary/aromatic N) is 2. The third-order valence-corrected chi connectivity index (χ3v) is 2.85. The van der Waals surface area contributed by atoms with Gasteiger partial charge in [-0.15, -0.1) is 0 Å². The van der Waals surface area contributed by atoms with E-state index in [2.05, 4.69) is 36.1 Å². The van der Waals surface area contributed by atoms with Crippen molar-refractivity contribution in [2.24, 2.45) is 5.92 Å². The molecular formula is C11H25N3. The van der Waals surface area contributed by atoms with Crippen LogP contribution in [-0.2, 0) is 0 Å². The number of piperazine rings is 1. The lowest BCUT2D eigenvalue weighted by Gasteiger charge is -2.30. The second-order valence-corrected chi connectivity index (χ2v) is 4.75. The van der Waals surface area contributed by atoms with E-state index in [1.54, 1.807) is 0 Å². The summed E-state index contributed by atoms with van der Waals surface area (Å²) in [6.07, 6.45) is 1.32. The first-order chi connectivity index (χ1) is 6.68. The summed E-state index contributed by atoms with van der Waals surface area (Å²) in [5.41, 5.74) is 0.